The SMILES string of the molecule is C=CCOC1=CC(O)OC([C@@H](CCC)NC(=O)[C@]2(C)CSC(/C(C)=N/O[C@H]3O[C@H](CO)[C@@H](O)[C@H](O)[C@@H]3O)=N2)=C1. The molecule has 218 valence electrons. The fourth-order valence-corrected chi connectivity index (χ4v) is 5.10. The molecule has 0 radical (unpaired) electrons. The van der Waals surface area contributed by atoms with E-state index in [1.165, 1.54) is 17.8 Å². The van der Waals surface area contributed by atoms with Gasteiger partial charge in [-0.25, -0.2) is 0 Å². The zero-order valence-corrected chi connectivity index (χ0v) is 22.9. The first-order valence-electron chi connectivity index (χ1n) is 12.6. The Balaban J connectivity index is 1.69. The molecule has 0 bridgehead atoms. The topological polar surface area (TPSA) is 192 Å². The second kappa shape index (κ2) is 13.7. The van der Waals surface area contributed by atoms with Crippen molar-refractivity contribution >= 4 is 28.4 Å². The number of thioether (sulfide) groups is 1. The van der Waals surface area contributed by atoms with Crippen molar-refractivity contribution in [1.29, 1.82) is 0 Å². The van der Waals surface area contributed by atoms with Gasteiger partial charge in [0.15, 0.2) is 0 Å². The minimum atomic E-state index is -1.60. The van der Waals surface area contributed by atoms with E-state index in [-0.39, 0.29) is 12.5 Å². The molecule has 1 amide bonds. The third-order valence-corrected chi connectivity index (χ3v) is 7.59. The number of aliphatic hydroxyl groups is 5. The normalized spacial score (nSPS) is 33.7. The molecule has 3 rings (SSSR count). The number of nitrogens with one attached hydrogen (secondary N) is 1. The van der Waals surface area contributed by atoms with Gasteiger partial charge in [0.2, 0.25) is 12.2 Å². The smallest absolute Gasteiger partial charge is 0.256 e. The molecule has 1 fully saturated rings. The average molecular weight is 572 g/mol. The Kier molecular flexibility index (Phi) is 11.0. The number of aliphatic imine (C=N–C) groups is 1. The van der Waals surface area contributed by atoms with E-state index in [1.54, 1.807) is 26.0 Å². The highest BCUT2D eigenvalue weighted by atomic mass is 32.2. The van der Waals surface area contributed by atoms with Crippen LogP contribution in [-0.4, -0.2) is 110 Å². The highest BCUT2D eigenvalue weighted by Gasteiger charge is 2.45. The van der Waals surface area contributed by atoms with Gasteiger partial charge >= 0.3 is 0 Å². The van der Waals surface area contributed by atoms with Gasteiger partial charge in [0, 0.05) is 17.9 Å². The first-order valence-corrected chi connectivity index (χ1v) is 13.6. The van der Waals surface area contributed by atoms with Gasteiger partial charge in [-0.3, -0.25) is 9.79 Å². The lowest BCUT2D eigenvalue weighted by Crippen LogP contribution is -2.58. The number of allylic oxidation sites excluding steroid dienone is 1. The molecule has 6 N–H and O–H groups in total. The average Bonchev–Trinajstić information content (AvgIpc) is 3.33. The van der Waals surface area contributed by atoms with Gasteiger partial charge in [0.25, 0.3) is 6.29 Å². The number of aliphatic hydroxyl groups excluding tert-OH is 5. The molecule has 0 saturated carbocycles. The zero-order valence-electron chi connectivity index (χ0n) is 22.1. The molecule has 0 aromatic carbocycles. The number of carbonyl (C=O) groups is 1. The Bertz CT molecular complexity index is 1020. The van der Waals surface area contributed by atoms with Crippen molar-refractivity contribution < 1.29 is 49.4 Å². The standard InChI is InChI=1S/C25H37N3O10S/c1-5-7-15(16-9-14(35-8-6-2)10-18(30)36-16)26-24(34)25(4)12-39-22(27-25)13(3)28-38-23-21(33)20(32)19(31)17(11-29)37-23/h6,9-10,15,17-21,23,29-33H,2,5,7-8,11-12H2,1,3-4H3,(H,26,34)/b28-13+/t15-,17-,18?,19-,20+,21+,23-,25+/m1/s1. The Morgan fingerprint density at radius 3 is 2.77 bits per heavy atom. The minimum Gasteiger partial charge on any atom is -0.490 e. The molecule has 39 heavy (non-hydrogen) atoms. The van der Waals surface area contributed by atoms with Crippen molar-refractivity contribution in [3.63, 3.8) is 0 Å². The molecular formula is C25H37N3O10S. The number of hydrogen-bond donors (Lipinski definition) is 6. The summed E-state index contributed by atoms with van der Waals surface area (Å²) in [5, 5.41) is 56.7. The summed E-state index contributed by atoms with van der Waals surface area (Å²) >= 11 is 1.29. The monoisotopic (exact) mass is 571 g/mol. The van der Waals surface area contributed by atoms with Crippen LogP contribution in [0.3, 0.4) is 0 Å². The van der Waals surface area contributed by atoms with Crippen LogP contribution in [0.5, 0.6) is 0 Å². The molecule has 8 atom stereocenters. The van der Waals surface area contributed by atoms with E-state index in [0.29, 0.717) is 34.4 Å². The summed E-state index contributed by atoms with van der Waals surface area (Å²) in [6.07, 6.45) is -2.58. The van der Waals surface area contributed by atoms with Crippen LogP contribution in [0.25, 0.3) is 0 Å². The second-order valence-electron chi connectivity index (χ2n) is 9.50. The van der Waals surface area contributed by atoms with Gasteiger partial charge in [0.05, 0.1) is 12.6 Å². The van der Waals surface area contributed by atoms with Crippen molar-refractivity contribution in [2.75, 3.05) is 19.0 Å². The van der Waals surface area contributed by atoms with Gasteiger partial charge in [-0.1, -0.05) is 31.2 Å². The largest absolute Gasteiger partial charge is 0.490 e. The van der Waals surface area contributed by atoms with Gasteiger partial charge in [0.1, 0.15) is 58.8 Å². The Hall–Kier alpha value is -2.46. The van der Waals surface area contributed by atoms with Crippen LogP contribution in [0.4, 0.5) is 0 Å². The van der Waals surface area contributed by atoms with E-state index in [2.05, 4.69) is 22.0 Å². The second-order valence-corrected chi connectivity index (χ2v) is 10.5. The number of ether oxygens (including phenoxy) is 3. The van der Waals surface area contributed by atoms with Crippen molar-refractivity contribution in [1.82, 2.24) is 5.32 Å². The van der Waals surface area contributed by atoms with Gasteiger partial charge in [-0.2, -0.15) is 0 Å². The summed E-state index contributed by atoms with van der Waals surface area (Å²) in [6, 6.07) is -0.529. The number of amides is 1. The van der Waals surface area contributed by atoms with Crippen LogP contribution >= 0.6 is 11.8 Å². The van der Waals surface area contributed by atoms with Gasteiger partial charge in [-0.15, -0.1) is 11.8 Å². The van der Waals surface area contributed by atoms with E-state index in [9.17, 15) is 30.3 Å². The number of carbonyl (C=O) groups excluding carboxylic acids is 1. The number of oxime groups is 1. The summed E-state index contributed by atoms with van der Waals surface area (Å²) in [6.45, 7) is 8.50. The predicted octanol–water partition coefficient (Wildman–Crippen LogP) is -0.313. The predicted molar refractivity (Wildman–Crippen MR) is 143 cm³/mol. The summed E-state index contributed by atoms with van der Waals surface area (Å²) in [5.41, 5.74) is -0.841. The van der Waals surface area contributed by atoms with E-state index in [1.807, 2.05) is 6.92 Å². The lowest BCUT2D eigenvalue weighted by Gasteiger charge is -2.38. The third kappa shape index (κ3) is 7.60. The molecule has 3 heterocycles. The van der Waals surface area contributed by atoms with Crippen LogP contribution in [0.2, 0.25) is 0 Å². The highest BCUT2D eigenvalue weighted by molar-refractivity contribution is 8.16. The molecule has 0 aromatic rings. The Labute approximate surface area is 230 Å². The molecule has 3 aliphatic heterocycles. The summed E-state index contributed by atoms with van der Waals surface area (Å²) < 4.78 is 16.4. The van der Waals surface area contributed by atoms with Crippen molar-refractivity contribution in [2.24, 2.45) is 10.1 Å². The fourth-order valence-electron chi connectivity index (χ4n) is 3.98. The lowest BCUT2D eigenvalue weighted by molar-refractivity contribution is -0.301. The van der Waals surface area contributed by atoms with E-state index >= 15 is 0 Å². The van der Waals surface area contributed by atoms with E-state index in [0.717, 1.165) is 6.42 Å². The first-order chi connectivity index (χ1) is 18.5. The maximum absolute atomic E-state index is 13.3. The highest BCUT2D eigenvalue weighted by Crippen LogP contribution is 2.30. The number of hydrogen-bond acceptors (Lipinski definition) is 13. The lowest BCUT2D eigenvalue weighted by atomic mass is 9.99. The zero-order chi connectivity index (χ0) is 28.7. The molecule has 0 aromatic heterocycles. The van der Waals surface area contributed by atoms with Crippen molar-refractivity contribution in [3.8, 4) is 0 Å². The van der Waals surface area contributed by atoms with Gasteiger partial charge < -0.3 is 49.9 Å². The van der Waals surface area contributed by atoms with E-state index < -0.39 is 55.2 Å². The molecule has 3 aliphatic rings. The first kappa shape index (κ1) is 31.1. The Morgan fingerprint density at radius 1 is 1.36 bits per heavy atom. The summed E-state index contributed by atoms with van der Waals surface area (Å²) in [4.78, 5) is 23.1. The van der Waals surface area contributed by atoms with Crippen molar-refractivity contribution in [2.45, 2.75) is 82.2 Å². The van der Waals surface area contributed by atoms with Crippen LogP contribution in [0, 0.1) is 0 Å². The quantitative estimate of drug-likeness (QED) is 0.102. The molecule has 1 unspecified atom stereocenters. The van der Waals surface area contributed by atoms with Crippen LogP contribution in [-0.2, 0) is 23.8 Å². The molecule has 0 spiro atoms. The van der Waals surface area contributed by atoms with E-state index in [4.69, 9.17) is 19.0 Å². The molecular weight excluding hydrogens is 534 g/mol. The van der Waals surface area contributed by atoms with Crippen LogP contribution in [0.15, 0.2) is 46.5 Å². The maximum Gasteiger partial charge on any atom is 0.256 e. The summed E-state index contributed by atoms with van der Waals surface area (Å²) in [7, 11) is 0. The molecule has 1 saturated heterocycles. The summed E-state index contributed by atoms with van der Waals surface area (Å²) in [5.74, 6) is 0.737. The minimum absolute atomic E-state index is 0.251. The number of rotatable bonds is 12. The van der Waals surface area contributed by atoms with Crippen molar-refractivity contribution in [3.05, 3.63) is 36.3 Å². The van der Waals surface area contributed by atoms with Gasteiger partial charge in [-0.05, 0) is 20.3 Å². The van der Waals surface area contributed by atoms with Crippen LogP contribution < -0.4 is 5.32 Å². The molecule has 13 nitrogen and oxygen atoms in total. The fraction of sp³-hybridized carbons (Fsp3) is 0.640. The van der Waals surface area contributed by atoms with Crippen LogP contribution in [0.1, 0.15) is 33.6 Å². The maximum atomic E-state index is 13.3. The number of nitrogens with zero attached hydrogens (tertiary/aromatic N) is 2. The molecule has 14 heteroatoms. The molecule has 0 aliphatic carbocycles. The third-order valence-electron chi connectivity index (χ3n) is 6.22. The Morgan fingerprint density at radius 2 is 2.10 bits per heavy atom.